The normalized spacial score (nSPS) is 10.1. The molecule has 0 aliphatic heterocycles. The summed E-state index contributed by atoms with van der Waals surface area (Å²) < 4.78 is 0. The van der Waals surface area contributed by atoms with Gasteiger partial charge >= 0.3 is 0 Å². The van der Waals surface area contributed by atoms with Crippen LogP contribution in [0.4, 0.5) is 10.8 Å². The summed E-state index contributed by atoms with van der Waals surface area (Å²) in [6.45, 7) is 3.05. The van der Waals surface area contributed by atoms with E-state index in [9.17, 15) is 4.79 Å². The van der Waals surface area contributed by atoms with Crippen molar-refractivity contribution in [2.45, 2.75) is 13.3 Å². The number of anilines is 2. The Labute approximate surface area is 110 Å². The third-order valence-corrected chi connectivity index (χ3v) is 3.07. The highest BCUT2D eigenvalue weighted by Gasteiger charge is 2.06. The van der Waals surface area contributed by atoms with Gasteiger partial charge in [0, 0.05) is 29.4 Å². The van der Waals surface area contributed by atoms with E-state index in [4.69, 9.17) is 0 Å². The van der Waals surface area contributed by atoms with Crippen LogP contribution >= 0.6 is 11.3 Å². The molecule has 0 unspecified atom stereocenters. The van der Waals surface area contributed by atoms with E-state index in [1.165, 1.54) is 11.3 Å². The van der Waals surface area contributed by atoms with Crippen LogP contribution in [0, 0.1) is 0 Å². The molecule has 1 aromatic heterocycles. The lowest BCUT2D eigenvalue weighted by atomic mass is 10.2. The second kappa shape index (κ2) is 6.16. The Hall–Kier alpha value is -1.88. The zero-order valence-electron chi connectivity index (χ0n) is 10.1. The standard InChI is InChI=1S/C13H15N3OS/c1-2-7-14-11-5-3-10(4-6-11)12(17)16-13-15-8-9-18-13/h3-6,8-9,14H,2,7H2,1H3,(H,15,16,17). The maximum Gasteiger partial charge on any atom is 0.257 e. The third kappa shape index (κ3) is 3.30. The maximum atomic E-state index is 11.9. The van der Waals surface area contributed by atoms with Crippen LogP contribution in [0.5, 0.6) is 0 Å². The quantitative estimate of drug-likeness (QED) is 0.869. The van der Waals surface area contributed by atoms with Crippen molar-refractivity contribution in [3.05, 3.63) is 41.4 Å². The minimum Gasteiger partial charge on any atom is -0.385 e. The first-order valence-corrected chi connectivity index (χ1v) is 6.72. The lowest BCUT2D eigenvalue weighted by Gasteiger charge is -2.06. The van der Waals surface area contributed by atoms with Crippen molar-refractivity contribution < 1.29 is 4.79 Å². The molecule has 1 aromatic carbocycles. The van der Waals surface area contributed by atoms with E-state index in [1.807, 2.05) is 17.5 Å². The first-order chi connectivity index (χ1) is 8.79. The summed E-state index contributed by atoms with van der Waals surface area (Å²) in [6, 6.07) is 7.43. The molecule has 0 aliphatic carbocycles. The van der Waals surface area contributed by atoms with Crippen LogP contribution in [-0.4, -0.2) is 17.4 Å². The molecule has 2 N–H and O–H groups in total. The molecule has 2 aromatic rings. The summed E-state index contributed by atoms with van der Waals surface area (Å²) in [5.41, 5.74) is 1.66. The Kier molecular flexibility index (Phi) is 4.30. The number of amides is 1. The predicted octanol–water partition coefficient (Wildman–Crippen LogP) is 3.22. The van der Waals surface area contributed by atoms with E-state index in [1.54, 1.807) is 18.3 Å². The zero-order chi connectivity index (χ0) is 12.8. The summed E-state index contributed by atoms with van der Waals surface area (Å²) in [6.07, 6.45) is 2.74. The molecule has 18 heavy (non-hydrogen) atoms. The second-order valence-corrected chi connectivity index (χ2v) is 4.69. The fourth-order valence-electron chi connectivity index (χ4n) is 1.46. The highest BCUT2D eigenvalue weighted by atomic mass is 32.1. The molecule has 2 rings (SSSR count). The minimum atomic E-state index is -0.132. The number of nitrogens with one attached hydrogen (secondary N) is 2. The van der Waals surface area contributed by atoms with E-state index in [-0.39, 0.29) is 5.91 Å². The van der Waals surface area contributed by atoms with Gasteiger partial charge in [0.1, 0.15) is 0 Å². The smallest absolute Gasteiger partial charge is 0.257 e. The Morgan fingerprint density at radius 1 is 1.33 bits per heavy atom. The summed E-state index contributed by atoms with van der Waals surface area (Å²) in [7, 11) is 0. The number of thiazole rings is 1. The molecule has 0 atom stereocenters. The molecular weight excluding hydrogens is 246 g/mol. The van der Waals surface area contributed by atoms with Gasteiger partial charge in [0.2, 0.25) is 0 Å². The second-order valence-electron chi connectivity index (χ2n) is 3.80. The van der Waals surface area contributed by atoms with Crippen LogP contribution in [0.3, 0.4) is 0 Å². The van der Waals surface area contributed by atoms with E-state index in [0.717, 1.165) is 18.7 Å². The molecule has 0 bridgehead atoms. The number of hydrogen-bond donors (Lipinski definition) is 2. The average Bonchev–Trinajstić information content (AvgIpc) is 2.89. The van der Waals surface area contributed by atoms with Gasteiger partial charge in [-0.3, -0.25) is 10.1 Å². The lowest BCUT2D eigenvalue weighted by molar-refractivity contribution is 0.102. The van der Waals surface area contributed by atoms with Gasteiger partial charge in [0.05, 0.1) is 0 Å². The Balaban J connectivity index is 1.98. The van der Waals surface area contributed by atoms with Gasteiger partial charge in [-0.15, -0.1) is 11.3 Å². The molecule has 0 radical (unpaired) electrons. The largest absolute Gasteiger partial charge is 0.385 e. The van der Waals surface area contributed by atoms with Gasteiger partial charge < -0.3 is 5.32 Å². The molecule has 0 aliphatic rings. The maximum absolute atomic E-state index is 11.9. The summed E-state index contributed by atoms with van der Waals surface area (Å²) in [5.74, 6) is -0.132. The van der Waals surface area contributed by atoms with Crippen LogP contribution in [0.2, 0.25) is 0 Å². The van der Waals surface area contributed by atoms with Crippen LogP contribution in [0.1, 0.15) is 23.7 Å². The van der Waals surface area contributed by atoms with Crippen LogP contribution < -0.4 is 10.6 Å². The monoisotopic (exact) mass is 261 g/mol. The molecule has 1 amide bonds. The number of nitrogens with zero attached hydrogens (tertiary/aromatic N) is 1. The molecular formula is C13H15N3OS. The first-order valence-electron chi connectivity index (χ1n) is 5.84. The number of carbonyl (C=O) groups excluding carboxylic acids is 1. The topological polar surface area (TPSA) is 54.0 Å². The van der Waals surface area contributed by atoms with Crippen molar-refractivity contribution in [3.63, 3.8) is 0 Å². The van der Waals surface area contributed by atoms with Gasteiger partial charge in [-0.1, -0.05) is 6.92 Å². The average molecular weight is 261 g/mol. The molecule has 94 valence electrons. The van der Waals surface area contributed by atoms with E-state index in [2.05, 4.69) is 22.5 Å². The zero-order valence-corrected chi connectivity index (χ0v) is 11.0. The first kappa shape index (κ1) is 12.6. The highest BCUT2D eigenvalue weighted by Crippen LogP contribution is 2.14. The van der Waals surface area contributed by atoms with Crippen molar-refractivity contribution in [2.75, 3.05) is 17.2 Å². The lowest BCUT2D eigenvalue weighted by Crippen LogP contribution is -2.11. The molecule has 0 saturated carbocycles. The summed E-state index contributed by atoms with van der Waals surface area (Å²) in [5, 5.41) is 8.46. The van der Waals surface area contributed by atoms with Gasteiger partial charge in [0.25, 0.3) is 5.91 Å². The number of carbonyl (C=O) groups is 1. The van der Waals surface area contributed by atoms with Crippen molar-refractivity contribution >= 4 is 28.1 Å². The molecule has 5 heteroatoms. The van der Waals surface area contributed by atoms with E-state index >= 15 is 0 Å². The molecule has 0 saturated heterocycles. The van der Waals surface area contributed by atoms with Crippen LogP contribution in [0.25, 0.3) is 0 Å². The Morgan fingerprint density at radius 3 is 2.72 bits per heavy atom. The van der Waals surface area contributed by atoms with Gasteiger partial charge in [-0.25, -0.2) is 4.98 Å². The number of hydrogen-bond acceptors (Lipinski definition) is 4. The number of benzene rings is 1. The van der Waals surface area contributed by atoms with E-state index < -0.39 is 0 Å². The molecule has 0 fully saturated rings. The molecule has 1 heterocycles. The van der Waals surface area contributed by atoms with Crippen molar-refractivity contribution in [1.82, 2.24) is 4.98 Å². The van der Waals surface area contributed by atoms with Gasteiger partial charge in [-0.2, -0.15) is 0 Å². The SMILES string of the molecule is CCCNc1ccc(C(=O)Nc2nccs2)cc1. The molecule has 0 spiro atoms. The van der Waals surface area contributed by atoms with Crippen molar-refractivity contribution in [1.29, 1.82) is 0 Å². The van der Waals surface area contributed by atoms with Crippen molar-refractivity contribution in [3.8, 4) is 0 Å². The number of aromatic nitrogens is 1. The Morgan fingerprint density at radius 2 is 2.11 bits per heavy atom. The minimum absolute atomic E-state index is 0.132. The van der Waals surface area contributed by atoms with Crippen LogP contribution in [-0.2, 0) is 0 Å². The van der Waals surface area contributed by atoms with Gasteiger partial charge in [-0.05, 0) is 30.7 Å². The third-order valence-electron chi connectivity index (χ3n) is 2.38. The van der Waals surface area contributed by atoms with Crippen molar-refractivity contribution in [2.24, 2.45) is 0 Å². The van der Waals surface area contributed by atoms with Crippen LogP contribution in [0.15, 0.2) is 35.8 Å². The Bertz CT molecular complexity index is 493. The number of rotatable bonds is 5. The summed E-state index contributed by atoms with van der Waals surface area (Å²) in [4.78, 5) is 15.9. The fourth-order valence-corrected chi connectivity index (χ4v) is 1.99. The summed E-state index contributed by atoms with van der Waals surface area (Å²) >= 11 is 1.40. The molecule has 4 nitrogen and oxygen atoms in total. The van der Waals surface area contributed by atoms with E-state index in [0.29, 0.717) is 10.7 Å². The van der Waals surface area contributed by atoms with Gasteiger partial charge in [0.15, 0.2) is 5.13 Å². The predicted molar refractivity (Wildman–Crippen MR) is 75.3 cm³/mol. The highest BCUT2D eigenvalue weighted by molar-refractivity contribution is 7.13. The fraction of sp³-hybridized carbons (Fsp3) is 0.231.